The molecule has 0 amide bonds. The van der Waals surface area contributed by atoms with Crippen LogP contribution in [0, 0.1) is 6.42 Å². The Morgan fingerprint density at radius 3 is 3.00 bits per heavy atom. The van der Waals surface area contributed by atoms with Gasteiger partial charge in [-0.3, -0.25) is 4.79 Å². The molecular weight excluding hydrogens is 176 g/mol. The van der Waals surface area contributed by atoms with Crippen molar-refractivity contribution in [3.8, 4) is 0 Å². The first kappa shape index (κ1) is 10.8. The van der Waals surface area contributed by atoms with Crippen molar-refractivity contribution >= 4 is 5.97 Å². The molecule has 0 aromatic carbocycles. The third kappa shape index (κ3) is 3.21. The van der Waals surface area contributed by atoms with Crippen LogP contribution < -0.4 is 0 Å². The highest BCUT2D eigenvalue weighted by atomic mass is 16.5. The number of hydrogen-bond donors (Lipinski definition) is 0. The molecule has 2 nitrogen and oxygen atoms in total. The van der Waals surface area contributed by atoms with Crippen LogP contribution in [0.5, 0.6) is 0 Å². The predicted molar refractivity (Wildman–Crippen MR) is 56.5 cm³/mol. The Labute approximate surface area is 85.0 Å². The van der Waals surface area contributed by atoms with Crippen LogP contribution in [0.3, 0.4) is 0 Å². The second-order valence-electron chi connectivity index (χ2n) is 3.08. The number of rotatable bonds is 4. The van der Waals surface area contributed by atoms with E-state index >= 15 is 0 Å². The maximum atomic E-state index is 11.2. The Hall–Kier alpha value is -1.31. The third-order valence-corrected chi connectivity index (χ3v) is 1.94. The van der Waals surface area contributed by atoms with Crippen LogP contribution in [0.1, 0.15) is 19.8 Å². The van der Waals surface area contributed by atoms with Gasteiger partial charge < -0.3 is 4.74 Å². The van der Waals surface area contributed by atoms with Crippen molar-refractivity contribution in [1.29, 1.82) is 0 Å². The molecule has 0 saturated carbocycles. The quantitative estimate of drug-likeness (QED) is 0.638. The van der Waals surface area contributed by atoms with Crippen molar-refractivity contribution in [3.05, 3.63) is 42.4 Å². The Bertz CT molecular complexity index is 285. The second-order valence-corrected chi connectivity index (χ2v) is 3.08. The van der Waals surface area contributed by atoms with Gasteiger partial charge in [-0.2, -0.15) is 0 Å². The highest BCUT2D eigenvalue weighted by Gasteiger charge is 2.08. The normalized spacial score (nSPS) is 14.8. The third-order valence-electron chi connectivity index (χ3n) is 1.94. The van der Waals surface area contributed by atoms with E-state index in [1.54, 1.807) is 6.92 Å². The van der Waals surface area contributed by atoms with E-state index in [0.717, 1.165) is 17.6 Å². The van der Waals surface area contributed by atoms with Gasteiger partial charge in [-0.15, -0.1) is 0 Å². The highest BCUT2D eigenvalue weighted by Crippen LogP contribution is 2.18. The molecule has 0 saturated heterocycles. The van der Waals surface area contributed by atoms with Crippen LogP contribution in [-0.4, -0.2) is 12.6 Å². The van der Waals surface area contributed by atoms with Gasteiger partial charge in [0, 0.05) is 0 Å². The van der Waals surface area contributed by atoms with Crippen LogP contribution >= 0.6 is 0 Å². The lowest BCUT2D eigenvalue weighted by molar-refractivity contribution is -0.142. The minimum Gasteiger partial charge on any atom is -0.466 e. The largest absolute Gasteiger partial charge is 0.466 e. The SMILES string of the molecule is C=C(CC(=O)OCC)C1=C[CH]CC=C1. The molecule has 0 fully saturated rings. The first-order chi connectivity index (χ1) is 6.74. The van der Waals surface area contributed by atoms with Crippen LogP contribution in [-0.2, 0) is 9.53 Å². The van der Waals surface area contributed by atoms with E-state index in [4.69, 9.17) is 4.74 Å². The molecule has 0 heterocycles. The van der Waals surface area contributed by atoms with Crippen molar-refractivity contribution in [2.45, 2.75) is 19.8 Å². The van der Waals surface area contributed by atoms with Crippen molar-refractivity contribution < 1.29 is 9.53 Å². The standard InChI is InChI=1S/C12H15O2/c1-3-14-12(13)9-10(2)11-7-5-4-6-8-11/h5-8H,2-4,9H2,1H3. The minimum atomic E-state index is -0.211. The van der Waals surface area contributed by atoms with Gasteiger partial charge in [0.2, 0.25) is 0 Å². The minimum absolute atomic E-state index is 0.211. The van der Waals surface area contributed by atoms with Gasteiger partial charge in [-0.1, -0.05) is 24.8 Å². The van der Waals surface area contributed by atoms with Crippen molar-refractivity contribution in [3.63, 3.8) is 0 Å². The fourth-order valence-corrected chi connectivity index (χ4v) is 1.25. The summed E-state index contributed by atoms with van der Waals surface area (Å²) in [5.41, 5.74) is 1.83. The van der Waals surface area contributed by atoms with Crippen molar-refractivity contribution in [2.24, 2.45) is 0 Å². The summed E-state index contributed by atoms with van der Waals surface area (Å²) in [4.78, 5) is 11.2. The Morgan fingerprint density at radius 2 is 2.43 bits per heavy atom. The summed E-state index contributed by atoms with van der Waals surface area (Å²) in [5.74, 6) is -0.211. The molecule has 1 aliphatic rings. The molecule has 1 radical (unpaired) electrons. The predicted octanol–water partition coefficient (Wildman–Crippen LogP) is 2.59. The van der Waals surface area contributed by atoms with E-state index in [0.29, 0.717) is 6.61 Å². The molecule has 0 aromatic heterocycles. The zero-order valence-corrected chi connectivity index (χ0v) is 8.45. The molecule has 0 atom stereocenters. The maximum absolute atomic E-state index is 11.2. The zero-order valence-electron chi connectivity index (χ0n) is 8.45. The van der Waals surface area contributed by atoms with Crippen LogP contribution in [0.2, 0.25) is 0 Å². The number of carbonyl (C=O) groups is 1. The van der Waals surface area contributed by atoms with E-state index in [1.165, 1.54) is 0 Å². The summed E-state index contributed by atoms with van der Waals surface area (Å²) in [7, 11) is 0. The van der Waals surface area contributed by atoms with E-state index in [-0.39, 0.29) is 12.4 Å². The van der Waals surface area contributed by atoms with E-state index in [2.05, 4.69) is 6.58 Å². The van der Waals surface area contributed by atoms with Gasteiger partial charge in [0.1, 0.15) is 0 Å². The molecule has 0 unspecified atom stereocenters. The molecule has 0 bridgehead atoms. The molecule has 1 aliphatic carbocycles. The molecule has 75 valence electrons. The first-order valence-corrected chi connectivity index (χ1v) is 4.78. The van der Waals surface area contributed by atoms with Gasteiger partial charge in [-0.05, 0) is 30.9 Å². The lowest BCUT2D eigenvalue weighted by Gasteiger charge is -2.09. The number of allylic oxidation sites excluding steroid dienone is 4. The van der Waals surface area contributed by atoms with Crippen molar-refractivity contribution in [1.82, 2.24) is 0 Å². The fourth-order valence-electron chi connectivity index (χ4n) is 1.25. The second kappa shape index (κ2) is 5.43. The van der Waals surface area contributed by atoms with Gasteiger partial charge >= 0.3 is 5.97 Å². The average Bonchev–Trinajstić information content (AvgIpc) is 2.19. The molecule has 14 heavy (non-hydrogen) atoms. The lowest BCUT2D eigenvalue weighted by atomic mass is 9.99. The number of ether oxygens (including phenoxy) is 1. The molecule has 0 aliphatic heterocycles. The van der Waals surface area contributed by atoms with E-state index in [9.17, 15) is 4.79 Å². The van der Waals surface area contributed by atoms with Gasteiger partial charge in [0.05, 0.1) is 13.0 Å². The van der Waals surface area contributed by atoms with Gasteiger partial charge in [-0.25, -0.2) is 0 Å². The fraction of sp³-hybridized carbons (Fsp3) is 0.333. The molecule has 1 rings (SSSR count). The number of hydrogen-bond acceptors (Lipinski definition) is 2. The molecule has 0 spiro atoms. The number of carbonyl (C=O) groups excluding carboxylic acids is 1. The smallest absolute Gasteiger partial charge is 0.310 e. The lowest BCUT2D eigenvalue weighted by Crippen LogP contribution is -2.05. The summed E-state index contributed by atoms with van der Waals surface area (Å²) >= 11 is 0. The summed E-state index contributed by atoms with van der Waals surface area (Å²) in [6.45, 7) is 6.08. The summed E-state index contributed by atoms with van der Waals surface area (Å²) in [6, 6.07) is 0. The zero-order chi connectivity index (χ0) is 10.4. The molecule has 0 N–H and O–H groups in total. The van der Waals surface area contributed by atoms with E-state index < -0.39 is 0 Å². The monoisotopic (exact) mass is 191 g/mol. The topological polar surface area (TPSA) is 26.3 Å². The van der Waals surface area contributed by atoms with Gasteiger partial charge in [0.15, 0.2) is 0 Å². The Kier molecular flexibility index (Phi) is 4.17. The van der Waals surface area contributed by atoms with Gasteiger partial charge in [0.25, 0.3) is 0 Å². The maximum Gasteiger partial charge on any atom is 0.310 e. The molecule has 2 heteroatoms. The highest BCUT2D eigenvalue weighted by molar-refractivity contribution is 5.74. The van der Waals surface area contributed by atoms with E-state index in [1.807, 2.05) is 24.6 Å². The Morgan fingerprint density at radius 1 is 1.64 bits per heavy atom. The average molecular weight is 191 g/mol. The van der Waals surface area contributed by atoms with Crippen LogP contribution in [0.15, 0.2) is 36.0 Å². The summed E-state index contributed by atoms with van der Waals surface area (Å²) < 4.78 is 4.84. The van der Waals surface area contributed by atoms with Crippen molar-refractivity contribution in [2.75, 3.05) is 6.61 Å². The van der Waals surface area contributed by atoms with Crippen LogP contribution in [0.4, 0.5) is 0 Å². The summed E-state index contributed by atoms with van der Waals surface area (Å²) in [5, 5.41) is 0. The molecule has 0 aromatic rings. The first-order valence-electron chi connectivity index (χ1n) is 4.78. The molecular formula is C12H15O2. The number of esters is 1. The Balaban J connectivity index is 2.45. The summed E-state index contributed by atoms with van der Waals surface area (Å²) in [6.07, 6.45) is 9.30. The van der Waals surface area contributed by atoms with Crippen LogP contribution in [0.25, 0.3) is 0 Å².